The molecular weight excluding hydrogens is 502 g/mol. The van der Waals surface area contributed by atoms with Gasteiger partial charge in [-0.05, 0) is 42.5 Å². The van der Waals surface area contributed by atoms with Gasteiger partial charge in [0.25, 0.3) is 0 Å². The van der Waals surface area contributed by atoms with Crippen molar-refractivity contribution in [2.24, 2.45) is 5.92 Å². The van der Waals surface area contributed by atoms with Crippen molar-refractivity contribution < 1.29 is 13.2 Å². The number of urea groups is 1. The van der Waals surface area contributed by atoms with Crippen LogP contribution in [0.4, 0.5) is 22.2 Å². The minimum absolute atomic E-state index is 0.187. The van der Waals surface area contributed by atoms with Crippen molar-refractivity contribution in [2.45, 2.75) is 38.3 Å². The number of carbonyl (C=O) groups excluding carboxylic acids is 1. The number of sulfone groups is 1. The van der Waals surface area contributed by atoms with Crippen molar-refractivity contribution in [3.63, 3.8) is 0 Å². The van der Waals surface area contributed by atoms with E-state index in [1.165, 1.54) is 6.26 Å². The predicted octanol–water partition coefficient (Wildman–Crippen LogP) is 3.29. The number of carbonyl (C=O) groups is 1. The van der Waals surface area contributed by atoms with E-state index in [-0.39, 0.29) is 23.7 Å². The van der Waals surface area contributed by atoms with Crippen LogP contribution >= 0.6 is 0 Å². The van der Waals surface area contributed by atoms with Crippen molar-refractivity contribution in [3.8, 4) is 12.3 Å². The summed E-state index contributed by atoms with van der Waals surface area (Å²) in [6.07, 6.45) is 12.8. The summed E-state index contributed by atoms with van der Waals surface area (Å²) in [7, 11) is -2.95. The Labute approximate surface area is 222 Å². The van der Waals surface area contributed by atoms with E-state index in [0.29, 0.717) is 28.4 Å². The number of rotatable bonds is 8. The molecule has 1 saturated carbocycles. The van der Waals surface area contributed by atoms with E-state index in [1.54, 1.807) is 12.3 Å². The van der Waals surface area contributed by atoms with Gasteiger partial charge in [0.05, 0.1) is 11.1 Å². The zero-order valence-electron chi connectivity index (χ0n) is 21.3. The van der Waals surface area contributed by atoms with Crippen molar-refractivity contribution in [1.29, 1.82) is 0 Å². The summed E-state index contributed by atoms with van der Waals surface area (Å²) >= 11 is 0. The molecule has 11 heteroatoms. The van der Waals surface area contributed by atoms with Gasteiger partial charge in [-0.25, -0.2) is 23.2 Å². The molecule has 0 spiro atoms. The van der Waals surface area contributed by atoms with Crippen LogP contribution in [-0.2, 0) is 16.4 Å². The molecule has 2 aliphatic rings. The molecule has 0 atom stereocenters. The van der Waals surface area contributed by atoms with Crippen LogP contribution in [0.25, 0.3) is 11.0 Å². The van der Waals surface area contributed by atoms with Gasteiger partial charge in [-0.2, -0.15) is 4.98 Å². The molecule has 1 aliphatic heterocycles. The molecule has 3 heterocycles. The summed E-state index contributed by atoms with van der Waals surface area (Å²) < 4.78 is 23.0. The lowest BCUT2D eigenvalue weighted by atomic mass is 10.0. The average molecular weight is 534 g/mol. The second-order valence-electron chi connectivity index (χ2n) is 10.2. The van der Waals surface area contributed by atoms with Gasteiger partial charge >= 0.3 is 6.03 Å². The van der Waals surface area contributed by atoms with Crippen LogP contribution in [0.5, 0.6) is 0 Å². The lowest BCUT2D eigenvalue weighted by molar-refractivity contribution is 0.107. The highest BCUT2D eigenvalue weighted by Gasteiger charge is 2.29. The number of benzene rings is 1. The predicted molar refractivity (Wildman–Crippen MR) is 148 cm³/mol. The highest BCUT2D eigenvalue weighted by atomic mass is 32.2. The monoisotopic (exact) mass is 533 g/mol. The second kappa shape index (κ2) is 10.9. The normalized spacial score (nSPS) is 16.6. The molecule has 2 fully saturated rings. The van der Waals surface area contributed by atoms with Gasteiger partial charge in [0.1, 0.15) is 15.7 Å². The number of pyridine rings is 1. The minimum Gasteiger partial charge on any atom is -0.335 e. The Bertz CT molecular complexity index is 1490. The van der Waals surface area contributed by atoms with Crippen LogP contribution in [-0.4, -0.2) is 65.4 Å². The first-order valence-electron chi connectivity index (χ1n) is 12.7. The number of anilines is 3. The smallest absolute Gasteiger partial charge is 0.320 e. The first kappa shape index (κ1) is 25.9. The van der Waals surface area contributed by atoms with Crippen LogP contribution in [0, 0.1) is 18.3 Å². The molecule has 3 aromatic rings. The summed E-state index contributed by atoms with van der Waals surface area (Å²) in [5, 5.41) is 9.60. The molecule has 0 bridgehead atoms. The van der Waals surface area contributed by atoms with E-state index in [4.69, 9.17) is 6.42 Å². The maximum atomic E-state index is 12.4. The Morgan fingerprint density at radius 2 is 1.97 bits per heavy atom. The maximum Gasteiger partial charge on any atom is 0.320 e. The molecule has 2 amide bonds. The van der Waals surface area contributed by atoms with Crippen molar-refractivity contribution in [1.82, 2.24) is 25.2 Å². The van der Waals surface area contributed by atoms with Gasteiger partial charge in [0, 0.05) is 49.4 Å². The summed E-state index contributed by atoms with van der Waals surface area (Å²) in [5.41, 5.74) is 2.84. The topological polar surface area (TPSA) is 129 Å². The Balaban J connectivity index is 1.26. The second-order valence-corrected chi connectivity index (χ2v) is 12.4. The van der Waals surface area contributed by atoms with Crippen LogP contribution in [0.3, 0.4) is 0 Å². The van der Waals surface area contributed by atoms with E-state index >= 15 is 0 Å². The maximum absolute atomic E-state index is 12.4. The van der Waals surface area contributed by atoms with Crippen molar-refractivity contribution in [3.05, 3.63) is 47.7 Å². The number of amides is 2. The summed E-state index contributed by atoms with van der Waals surface area (Å²) in [5.74, 6) is 3.75. The molecule has 3 N–H and O–H groups in total. The molecule has 38 heavy (non-hydrogen) atoms. The van der Waals surface area contributed by atoms with Crippen molar-refractivity contribution >= 4 is 44.4 Å². The van der Waals surface area contributed by atoms with Crippen LogP contribution in [0.2, 0.25) is 0 Å². The lowest BCUT2D eigenvalue weighted by Crippen LogP contribution is -2.48. The number of nitrogens with zero attached hydrogens (tertiary/aromatic N) is 4. The van der Waals surface area contributed by atoms with E-state index in [1.807, 2.05) is 24.3 Å². The molecule has 198 valence electrons. The third-order valence-corrected chi connectivity index (χ3v) is 7.89. The first-order chi connectivity index (χ1) is 18.2. The molecule has 0 radical (unpaired) electrons. The molecule has 5 rings (SSSR count). The number of hydrogen-bond acceptors (Lipinski definition) is 8. The first-order valence-corrected chi connectivity index (χ1v) is 14.8. The molecule has 1 saturated heterocycles. The van der Waals surface area contributed by atoms with Crippen LogP contribution in [0.1, 0.15) is 36.8 Å². The quantitative estimate of drug-likeness (QED) is 0.376. The Morgan fingerprint density at radius 3 is 2.71 bits per heavy atom. The Kier molecular flexibility index (Phi) is 7.44. The highest BCUT2D eigenvalue weighted by Crippen LogP contribution is 2.24. The van der Waals surface area contributed by atoms with E-state index in [2.05, 4.69) is 41.7 Å². The largest absolute Gasteiger partial charge is 0.335 e. The van der Waals surface area contributed by atoms with E-state index in [0.717, 1.165) is 56.6 Å². The molecule has 0 unspecified atom stereocenters. The summed E-state index contributed by atoms with van der Waals surface area (Å²) in [6.45, 7) is 2.28. The summed E-state index contributed by atoms with van der Waals surface area (Å²) in [4.78, 5) is 28.1. The van der Waals surface area contributed by atoms with Gasteiger partial charge in [-0.15, -0.1) is 6.42 Å². The number of aromatic nitrogens is 3. The fourth-order valence-corrected chi connectivity index (χ4v) is 6.20. The zero-order valence-corrected chi connectivity index (χ0v) is 22.1. The molecule has 2 aromatic heterocycles. The molecule has 1 aromatic carbocycles. The zero-order chi connectivity index (χ0) is 26.7. The Morgan fingerprint density at radius 1 is 1.18 bits per heavy atom. The fraction of sp³-hybridized carbons (Fsp3) is 0.407. The standard InChI is InChI=1S/C27H31N7O3S/c1-3-20-12-24(32-27(35)30-21-8-4-5-9-21)31-25-23(20)13-28-26(33-25)29-22-10-6-7-18(11-22)14-34-15-19(16-34)17-38(2,36)37/h1,6-7,10-13,19,21H,4-5,8-9,14-17H2,2H3,(H3,28,29,30,31,32,33,35). The number of terminal acetylenes is 1. The van der Waals surface area contributed by atoms with Gasteiger partial charge in [0.15, 0.2) is 5.65 Å². The number of nitrogens with one attached hydrogen (secondary N) is 3. The number of likely N-dealkylation sites (tertiary alicyclic amines) is 1. The molecule has 10 nitrogen and oxygen atoms in total. The third-order valence-electron chi connectivity index (χ3n) is 6.81. The van der Waals surface area contributed by atoms with Gasteiger partial charge in [-0.1, -0.05) is 30.9 Å². The highest BCUT2D eigenvalue weighted by molar-refractivity contribution is 7.90. The van der Waals surface area contributed by atoms with Crippen LogP contribution < -0.4 is 16.0 Å². The number of hydrogen-bond donors (Lipinski definition) is 3. The van der Waals surface area contributed by atoms with Gasteiger partial charge in [0.2, 0.25) is 5.95 Å². The fourth-order valence-electron chi connectivity index (χ4n) is 5.13. The SMILES string of the molecule is C#Cc1cc(NC(=O)NC2CCCC2)nc2nc(Nc3cccc(CN4CC(CS(C)(=O)=O)C4)c3)ncc12. The van der Waals surface area contributed by atoms with Crippen molar-refractivity contribution in [2.75, 3.05) is 35.7 Å². The van der Waals surface area contributed by atoms with Gasteiger partial charge < -0.3 is 10.6 Å². The number of fused-ring (bicyclic) bond motifs is 1. The van der Waals surface area contributed by atoms with Gasteiger partial charge in [-0.3, -0.25) is 10.2 Å². The lowest BCUT2D eigenvalue weighted by Gasteiger charge is -2.39. The third kappa shape index (κ3) is 6.57. The van der Waals surface area contributed by atoms with E-state index in [9.17, 15) is 13.2 Å². The molecule has 1 aliphatic carbocycles. The molecular formula is C27H31N7O3S. The minimum atomic E-state index is -2.95. The average Bonchev–Trinajstić information content (AvgIpc) is 3.34. The summed E-state index contributed by atoms with van der Waals surface area (Å²) in [6, 6.07) is 9.45. The van der Waals surface area contributed by atoms with E-state index < -0.39 is 9.84 Å². The van der Waals surface area contributed by atoms with Crippen LogP contribution in [0.15, 0.2) is 36.5 Å². The Hall–Kier alpha value is -3.75.